The van der Waals surface area contributed by atoms with Crippen molar-refractivity contribution in [1.82, 2.24) is 15.0 Å². The molecule has 0 saturated carbocycles. The average Bonchev–Trinajstić information content (AvgIpc) is 2.87. The fourth-order valence-electron chi connectivity index (χ4n) is 3.08. The van der Waals surface area contributed by atoms with E-state index in [2.05, 4.69) is 10.3 Å². The molecule has 0 fully saturated rings. The third-order valence-corrected chi connectivity index (χ3v) is 7.06. The molecule has 0 atom stereocenters. The summed E-state index contributed by atoms with van der Waals surface area (Å²) in [5, 5.41) is 8.45. The molecule has 180 valence electrons. The van der Waals surface area contributed by atoms with Gasteiger partial charge in [-0.15, -0.1) is 5.10 Å². The first-order valence-electron chi connectivity index (χ1n) is 10.2. The predicted molar refractivity (Wildman–Crippen MR) is 129 cm³/mol. The summed E-state index contributed by atoms with van der Waals surface area (Å²) in [4.78, 5) is 24.5. The van der Waals surface area contributed by atoms with E-state index in [-0.39, 0.29) is 4.90 Å². The largest absolute Gasteiger partial charge is 0.482 e. The molecule has 35 heavy (non-hydrogen) atoms. The lowest BCUT2D eigenvalue weighted by molar-refractivity contribution is -0.150. The van der Waals surface area contributed by atoms with Gasteiger partial charge in [-0.05, 0) is 60.7 Å². The van der Waals surface area contributed by atoms with E-state index in [1.807, 2.05) is 0 Å². The van der Waals surface area contributed by atoms with E-state index in [9.17, 15) is 18.0 Å². The molecule has 0 amide bonds. The normalized spacial score (nSPS) is 11.3. The molecule has 0 saturated heterocycles. The Hall–Kier alpha value is -3.96. The van der Waals surface area contributed by atoms with E-state index in [1.165, 1.54) is 43.4 Å². The van der Waals surface area contributed by atoms with Crippen LogP contribution in [0.5, 0.6) is 5.75 Å². The van der Waals surface area contributed by atoms with Crippen LogP contribution >= 0.6 is 11.6 Å². The summed E-state index contributed by atoms with van der Waals surface area (Å²) in [6, 6.07) is 18.7. The fourth-order valence-corrected chi connectivity index (χ4v) is 4.40. The molecular formula is C23H19ClN4O6S. The molecule has 0 aliphatic rings. The maximum absolute atomic E-state index is 12.8. The number of hydrogen-bond acceptors (Lipinski definition) is 8. The Kier molecular flexibility index (Phi) is 6.99. The summed E-state index contributed by atoms with van der Waals surface area (Å²) in [7, 11) is -2.35. The van der Waals surface area contributed by atoms with Crippen LogP contribution in [0, 0.1) is 0 Å². The van der Waals surface area contributed by atoms with Gasteiger partial charge in [0.15, 0.2) is 13.3 Å². The van der Waals surface area contributed by atoms with E-state index < -0.39 is 34.9 Å². The molecule has 3 aromatic carbocycles. The van der Waals surface area contributed by atoms with Gasteiger partial charge in [0.2, 0.25) is 0 Å². The summed E-state index contributed by atoms with van der Waals surface area (Å²) in [5.74, 6) is -0.399. The number of nitrogens with zero attached hydrogens (tertiary/aromatic N) is 4. The van der Waals surface area contributed by atoms with E-state index in [1.54, 1.807) is 36.4 Å². The molecule has 10 nitrogen and oxygen atoms in total. The Bertz CT molecular complexity index is 1520. The molecule has 0 aliphatic heterocycles. The molecule has 0 radical (unpaired) electrons. The number of rotatable bonds is 8. The van der Waals surface area contributed by atoms with Gasteiger partial charge < -0.3 is 9.47 Å². The molecule has 1 heterocycles. The van der Waals surface area contributed by atoms with Crippen LogP contribution in [0.2, 0.25) is 5.02 Å². The van der Waals surface area contributed by atoms with Gasteiger partial charge >= 0.3 is 5.97 Å². The number of ether oxygens (including phenoxy) is 2. The van der Waals surface area contributed by atoms with E-state index in [0.29, 0.717) is 27.4 Å². The van der Waals surface area contributed by atoms with E-state index in [0.717, 1.165) is 8.99 Å². The second-order valence-electron chi connectivity index (χ2n) is 7.27. The van der Waals surface area contributed by atoms with Crippen molar-refractivity contribution in [3.8, 4) is 5.75 Å². The second kappa shape index (κ2) is 10.1. The monoisotopic (exact) mass is 514 g/mol. The maximum Gasteiger partial charge on any atom is 0.345 e. The van der Waals surface area contributed by atoms with Crippen molar-refractivity contribution in [1.29, 1.82) is 0 Å². The van der Waals surface area contributed by atoms with Crippen molar-refractivity contribution in [2.75, 3.05) is 18.0 Å². The molecule has 0 spiro atoms. The zero-order chi connectivity index (χ0) is 25.0. The summed E-state index contributed by atoms with van der Waals surface area (Å²) in [5.41, 5.74) is 0.403. The van der Waals surface area contributed by atoms with E-state index >= 15 is 0 Å². The van der Waals surface area contributed by atoms with Crippen molar-refractivity contribution in [3.63, 3.8) is 0 Å². The number of fused-ring (bicyclic) bond motifs is 1. The van der Waals surface area contributed by atoms with Gasteiger partial charge in [-0.3, -0.25) is 9.10 Å². The smallest absolute Gasteiger partial charge is 0.345 e. The Morgan fingerprint density at radius 2 is 1.71 bits per heavy atom. The average molecular weight is 515 g/mol. The topological polar surface area (TPSA) is 121 Å². The lowest BCUT2D eigenvalue weighted by Gasteiger charge is -2.20. The van der Waals surface area contributed by atoms with Crippen LogP contribution in [0.25, 0.3) is 10.9 Å². The highest BCUT2D eigenvalue weighted by Crippen LogP contribution is 2.25. The van der Waals surface area contributed by atoms with Gasteiger partial charge in [0.1, 0.15) is 11.3 Å². The fraction of sp³-hybridized carbons (Fsp3) is 0.130. The van der Waals surface area contributed by atoms with Gasteiger partial charge in [0.25, 0.3) is 15.6 Å². The van der Waals surface area contributed by atoms with Crippen molar-refractivity contribution in [2.24, 2.45) is 0 Å². The van der Waals surface area contributed by atoms with Crippen LogP contribution < -0.4 is 14.6 Å². The highest BCUT2D eigenvalue weighted by Gasteiger charge is 2.21. The first-order chi connectivity index (χ1) is 16.8. The van der Waals surface area contributed by atoms with Crippen LogP contribution in [0.4, 0.5) is 5.69 Å². The molecule has 0 aliphatic carbocycles. The predicted octanol–water partition coefficient (Wildman–Crippen LogP) is 2.85. The molecule has 4 rings (SSSR count). The third kappa shape index (κ3) is 5.42. The zero-order valence-electron chi connectivity index (χ0n) is 18.4. The van der Waals surface area contributed by atoms with Crippen LogP contribution in [-0.4, -0.2) is 43.0 Å². The number of halogens is 1. The number of hydrogen-bond donors (Lipinski definition) is 0. The number of carbonyl (C=O) groups is 1. The number of esters is 1. The van der Waals surface area contributed by atoms with Crippen molar-refractivity contribution in [3.05, 3.63) is 88.2 Å². The SMILES string of the molecule is CN(c1ccc(OCC(=O)OCn2nnc3ccccc3c2=O)cc1)S(=O)(=O)c1ccc(Cl)cc1. The highest BCUT2D eigenvalue weighted by atomic mass is 35.5. The molecule has 4 aromatic rings. The van der Waals surface area contributed by atoms with Crippen molar-refractivity contribution >= 4 is 44.2 Å². The minimum Gasteiger partial charge on any atom is -0.482 e. The number of sulfonamides is 1. The first-order valence-corrected chi connectivity index (χ1v) is 12.0. The molecule has 0 unspecified atom stereocenters. The van der Waals surface area contributed by atoms with E-state index in [4.69, 9.17) is 21.1 Å². The number of carbonyl (C=O) groups excluding carboxylic acids is 1. The van der Waals surface area contributed by atoms with Crippen LogP contribution in [0.15, 0.2) is 82.5 Å². The summed E-state index contributed by atoms with van der Waals surface area (Å²) in [6.45, 7) is -0.834. The lowest BCUT2D eigenvalue weighted by atomic mass is 10.2. The van der Waals surface area contributed by atoms with Crippen LogP contribution in [-0.2, 0) is 26.3 Å². The van der Waals surface area contributed by atoms with Crippen LogP contribution in [0.1, 0.15) is 0 Å². The van der Waals surface area contributed by atoms with Gasteiger partial charge in [0.05, 0.1) is 16.0 Å². The van der Waals surface area contributed by atoms with Gasteiger partial charge in [-0.25, -0.2) is 13.2 Å². The third-order valence-electron chi connectivity index (χ3n) is 5.01. The standard InChI is InChI=1S/C23H19ClN4O6S/c1-27(35(31,32)19-12-6-16(24)7-13-19)17-8-10-18(11-9-17)33-14-22(29)34-15-28-23(30)20-4-2-3-5-21(20)25-26-28/h2-13H,14-15H2,1H3. The Balaban J connectivity index is 1.33. The number of benzene rings is 3. The summed E-state index contributed by atoms with van der Waals surface area (Å²) >= 11 is 5.83. The van der Waals surface area contributed by atoms with Crippen LogP contribution in [0.3, 0.4) is 0 Å². The molecule has 1 aromatic heterocycles. The second-order valence-corrected chi connectivity index (χ2v) is 9.67. The number of aromatic nitrogens is 3. The molecule has 0 bridgehead atoms. The Morgan fingerprint density at radius 3 is 2.43 bits per heavy atom. The minimum atomic E-state index is -3.78. The number of anilines is 1. The summed E-state index contributed by atoms with van der Waals surface area (Å²) in [6.07, 6.45) is 0. The van der Waals surface area contributed by atoms with Gasteiger partial charge in [-0.1, -0.05) is 28.9 Å². The molecule has 12 heteroatoms. The molecular weight excluding hydrogens is 496 g/mol. The lowest BCUT2D eigenvalue weighted by Crippen LogP contribution is -2.27. The van der Waals surface area contributed by atoms with Crippen molar-refractivity contribution in [2.45, 2.75) is 11.6 Å². The Morgan fingerprint density at radius 1 is 1.03 bits per heavy atom. The summed E-state index contributed by atoms with van der Waals surface area (Å²) < 4.78 is 38.1. The zero-order valence-corrected chi connectivity index (χ0v) is 19.9. The quantitative estimate of drug-likeness (QED) is 0.329. The highest BCUT2D eigenvalue weighted by molar-refractivity contribution is 7.92. The van der Waals surface area contributed by atoms with Gasteiger partial charge in [0, 0.05) is 12.1 Å². The van der Waals surface area contributed by atoms with Gasteiger partial charge in [-0.2, -0.15) is 4.68 Å². The maximum atomic E-state index is 12.8. The first kappa shape index (κ1) is 24.2. The van der Waals surface area contributed by atoms with Crippen molar-refractivity contribution < 1.29 is 22.7 Å². The molecule has 0 N–H and O–H groups in total. The minimum absolute atomic E-state index is 0.0997. The Labute approximate surface area is 205 Å².